The largest absolute Gasteiger partial charge is 0.478 e. The molecule has 6 nitrogen and oxygen atoms in total. The van der Waals surface area contributed by atoms with Gasteiger partial charge in [-0.25, -0.2) is 4.79 Å². The molecule has 0 radical (unpaired) electrons. The van der Waals surface area contributed by atoms with Gasteiger partial charge < -0.3 is 15.2 Å². The topological polar surface area (TPSA) is 92.7 Å². The zero-order valence-corrected chi connectivity index (χ0v) is 17.0. The summed E-state index contributed by atoms with van der Waals surface area (Å²) in [5, 5.41) is 12.2. The lowest BCUT2D eigenvalue weighted by molar-refractivity contribution is -0.140. The number of carbonyl (C=O) groups excluding carboxylic acids is 2. The summed E-state index contributed by atoms with van der Waals surface area (Å²) in [7, 11) is 0. The first-order chi connectivity index (χ1) is 13.0. The molecular formula is C20H19Cl2NO5. The van der Waals surface area contributed by atoms with Gasteiger partial charge in [0.2, 0.25) is 6.10 Å². The molecule has 0 aliphatic carbocycles. The molecule has 0 heterocycles. The minimum atomic E-state index is -1.46. The summed E-state index contributed by atoms with van der Waals surface area (Å²) in [4.78, 5) is 36.5. The third-order valence-corrected chi connectivity index (χ3v) is 4.31. The number of benzene rings is 2. The number of carbonyl (C=O) groups is 3. The minimum Gasteiger partial charge on any atom is -0.478 e. The maximum Gasteiger partial charge on any atom is 0.335 e. The Kier molecular flexibility index (Phi) is 6.69. The second-order valence-electron chi connectivity index (χ2n) is 7.06. The van der Waals surface area contributed by atoms with E-state index in [1.807, 2.05) is 0 Å². The van der Waals surface area contributed by atoms with E-state index in [0.717, 1.165) is 0 Å². The number of carboxylic acids is 1. The molecule has 1 unspecified atom stereocenters. The van der Waals surface area contributed by atoms with Gasteiger partial charge >= 0.3 is 5.97 Å². The Morgan fingerprint density at radius 3 is 2.14 bits per heavy atom. The first-order valence-electron chi connectivity index (χ1n) is 8.29. The second-order valence-corrected chi connectivity index (χ2v) is 7.90. The van der Waals surface area contributed by atoms with Crippen LogP contribution in [0.4, 0.5) is 5.69 Å². The SMILES string of the molecule is CC(C)(C)C(=O)C(Oc1ccc(C(=O)O)cc1)C(=O)Nc1ccc(Cl)cc1Cl. The highest BCUT2D eigenvalue weighted by Gasteiger charge is 2.37. The second kappa shape index (κ2) is 8.63. The molecule has 0 saturated carbocycles. The first-order valence-corrected chi connectivity index (χ1v) is 9.05. The number of hydrogen-bond acceptors (Lipinski definition) is 4. The number of ether oxygens (including phenoxy) is 1. The van der Waals surface area contributed by atoms with E-state index in [-0.39, 0.29) is 22.0 Å². The van der Waals surface area contributed by atoms with Gasteiger partial charge in [-0.3, -0.25) is 9.59 Å². The predicted molar refractivity (Wildman–Crippen MR) is 107 cm³/mol. The lowest BCUT2D eigenvalue weighted by atomic mass is 9.87. The number of rotatable bonds is 6. The maximum atomic E-state index is 12.8. The van der Waals surface area contributed by atoms with Crippen molar-refractivity contribution in [3.63, 3.8) is 0 Å². The minimum absolute atomic E-state index is 0.0587. The molecular weight excluding hydrogens is 405 g/mol. The number of ketones is 1. The van der Waals surface area contributed by atoms with E-state index >= 15 is 0 Å². The van der Waals surface area contributed by atoms with Crippen molar-refractivity contribution in [2.45, 2.75) is 26.9 Å². The first kappa shape index (κ1) is 21.7. The summed E-state index contributed by atoms with van der Waals surface area (Å²) < 4.78 is 5.61. The number of hydrogen-bond donors (Lipinski definition) is 2. The van der Waals surface area contributed by atoms with Crippen molar-refractivity contribution in [1.82, 2.24) is 0 Å². The van der Waals surface area contributed by atoms with E-state index in [1.165, 1.54) is 36.4 Å². The highest BCUT2D eigenvalue weighted by Crippen LogP contribution is 2.27. The third-order valence-electron chi connectivity index (χ3n) is 3.76. The van der Waals surface area contributed by atoms with Gasteiger partial charge in [-0.2, -0.15) is 0 Å². The number of halogens is 2. The molecule has 0 aromatic heterocycles. The zero-order valence-electron chi connectivity index (χ0n) is 15.5. The normalized spacial score (nSPS) is 12.2. The number of anilines is 1. The number of amides is 1. The van der Waals surface area contributed by atoms with Crippen molar-refractivity contribution in [3.05, 3.63) is 58.1 Å². The van der Waals surface area contributed by atoms with Crippen LogP contribution in [0.3, 0.4) is 0 Å². The highest BCUT2D eigenvalue weighted by molar-refractivity contribution is 6.36. The van der Waals surface area contributed by atoms with Gasteiger partial charge in [0.25, 0.3) is 5.91 Å². The smallest absolute Gasteiger partial charge is 0.335 e. The maximum absolute atomic E-state index is 12.8. The average Bonchev–Trinajstić information content (AvgIpc) is 2.61. The summed E-state index contributed by atoms with van der Waals surface area (Å²) in [5.74, 6) is -2.06. The Labute approximate surface area is 172 Å². The van der Waals surface area contributed by atoms with Gasteiger partial charge in [-0.1, -0.05) is 44.0 Å². The Bertz CT molecular complexity index is 904. The Balaban J connectivity index is 2.29. The van der Waals surface area contributed by atoms with Crippen molar-refractivity contribution >= 4 is 46.5 Å². The van der Waals surface area contributed by atoms with Gasteiger partial charge in [-0.15, -0.1) is 0 Å². The highest BCUT2D eigenvalue weighted by atomic mass is 35.5. The lowest BCUT2D eigenvalue weighted by Crippen LogP contribution is -2.45. The van der Waals surface area contributed by atoms with Gasteiger partial charge in [0.15, 0.2) is 5.78 Å². The fourth-order valence-corrected chi connectivity index (χ4v) is 2.68. The van der Waals surface area contributed by atoms with Crippen LogP contribution in [0.2, 0.25) is 10.0 Å². The van der Waals surface area contributed by atoms with Crippen LogP contribution in [0.1, 0.15) is 31.1 Å². The fraction of sp³-hybridized carbons (Fsp3) is 0.250. The molecule has 2 rings (SSSR count). The van der Waals surface area contributed by atoms with Crippen molar-refractivity contribution < 1.29 is 24.2 Å². The summed E-state index contributed by atoms with van der Waals surface area (Å²) in [6, 6.07) is 9.95. The van der Waals surface area contributed by atoms with E-state index in [0.29, 0.717) is 5.02 Å². The zero-order chi connectivity index (χ0) is 21.1. The molecule has 0 spiro atoms. The molecule has 2 aromatic carbocycles. The van der Waals surface area contributed by atoms with Crippen LogP contribution in [0, 0.1) is 5.41 Å². The molecule has 0 aliphatic heterocycles. The summed E-state index contributed by atoms with van der Waals surface area (Å²) in [5.41, 5.74) is -0.511. The fourth-order valence-electron chi connectivity index (χ4n) is 2.22. The number of Topliss-reactive ketones (excluding diaryl/α,β-unsaturated/α-hetero) is 1. The van der Waals surface area contributed by atoms with Crippen LogP contribution < -0.4 is 10.1 Å². The predicted octanol–water partition coefficient (Wildman–Crippen LogP) is 4.69. The molecule has 148 valence electrons. The number of nitrogens with one attached hydrogen (secondary N) is 1. The van der Waals surface area contributed by atoms with Crippen LogP contribution in [-0.2, 0) is 9.59 Å². The molecule has 2 aromatic rings. The standard InChI is InChI=1S/C20H19Cl2NO5/c1-20(2,3)17(24)16(28-13-7-4-11(5-8-13)19(26)27)18(25)23-15-9-6-12(21)10-14(15)22/h4-10,16H,1-3H3,(H,23,25)(H,26,27). The number of carboxylic acid groups (broad SMARTS) is 1. The molecule has 0 bridgehead atoms. The quantitative estimate of drug-likeness (QED) is 0.657. The molecule has 2 N–H and O–H groups in total. The van der Waals surface area contributed by atoms with E-state index in [1.54, 1.807) is 26.8 Å². The van der Waals surface area contributed by atoms with Crippen LogP contribution in [0.25, 0.3) is 0 Å². The molecule has 0 aliphatic rings. The van der Waals surface area contributed by atoms with Crippen LogP contribution in [-0.4, -0.2) is 28.9 Å². The van der Waals surface area contributed by atoms with Crippen molar-refractivity contribution in [3.8, 4) is 5.75 Å². The van der Waals surface area contributed by atoms with Crippen molar-refractivity contribution in [1.29, 1.82) is 0 Å². The third kappa shape index (κ3) is 5.47. The Hall–Kier alpha value is -2.57. The monoisotopic (exact) mass is 423 g/mol. The van der Waals surface area contributed by atoms with Crippen LogP contribution in [0.5, 0.6) is 5.75 Å². The molecule has 1 amide bonds. The molecule has 28 heavy (non-hydrogen) atoms. The molecule has 8 heteroatoms. The summed E-state index contributed by atoms with van der Waals surface area (Å²) >= 11 is 11.9. The Morgan fingerprint density at radius 1 is 1.04 bits per heavy atom. The molecule has 0 fully saturated rings. The summed E-state index contributed by atoms with van der Waals surface area (Å²) in [6.07, 6.45) is -1.46. The van der Waals surface area contributed by atoms with Gasteiger partial charge in [0.05, 0.1) is 16.3 Å². The van der Waals surface area contributed by atoms with Gasteiger partial charge in [0.1, 0.15) is 5.75 Å². The van der Waals surface area contributed by atoms with Crippen molar-refractivity contribution in [2.24, 2.45) is 5.41 Å². The average molecular weight is 424 g/mol. The summed E-state index contributed by atoms with van der Waals surface area (Å²) in [6.45, 7) is 5.01. The van der Waals surface area contributed by atoms with Crippen LogP contribution in [0.15, 0.2) is 42.5 Å². The van der Waals surface area contributed by atoms with E-state index in [4.69, 9.17) is 33.0 Å². The molecule has 0 saturated heterocycles. The van der Waals surface area contributed by atoms with Crippen LogP contribution >= 0.6 is 23.2 Å². The van der Waals surface area contributed by atoms with E-state index in [9.17, 15) is 14.4 Å². The lowest BCUT2D eigenvalue weighted by Gasteiger charge is -2.25. The molecule has 1 atom stereocenters. The van der Waals surface area contributed by atoms with Gasteiger partial charge in [0, 0.05) is 10.4 Å². The van der Waals surface area contributed by atoms with Gasteiger partial charge in [-0.05, 0) is 42.5 Å². The van der Waals surface area contributed by atoms with E-state index in [2.05, 4.69) is 5.32 Å². The van der Waals surface area contributed by atoms with E-state index < -0.39 is 29.2 Å². The number of aromatic carboxylic acids is 1. The Morgan fingerprint density at radius 2 is 1.64 bits per heavy atom. The van der Waals surface area contributed by atoms with Crippen molar-refractivity contribution in [2.75, 3.05) is 5.32 Å².